The molecule has 2 aromatic carbocycles. The van der Waals surface area contributed by atoms with Crippen molar-refractivity contribution in [3.8, 4) is 11.8 Å². The molecule has 2 bridgehead atoms. The first-order valence-electron chi connectivity index (χ1n) is 9.16. The highest BCUT2D eigenvalue weighted by Gasteiger charge is 2.31. The van der Waals surface area contributed by atoms with Crippen molar-refractivity contribution < 1.29 is 18.0 Å². The Morgan fingerprint density at radius 3 is 2.80 bits per heavy atom. The summed E-state index contributed by atoms with van der Waals surface area (Å²) < 4.78 is 26.5. The average molecular weight is 422 g/mol. The van der Waals surface area contributed by atoms with Gasteiger partial charge in [0.1, 0.15) is 5.92 Å². The lowest BCUT2D eigenvalue weighted by atomic mass is 9.96. The van der Waals surface area contributed by atoms with Crippen molar-refractivity contribution in [1.82, 2.24) is 9.62 Å². The lowest BCUT2D eigenvalue weighted by molar-refractivity contribution is -0.121. The van der Waals surface area contributed by atoms with Crippen LogP contribution in [-0.2, 0) is 19.6 Å². The number of fused-ring (bicyclic) bond motifs is 2. The first kappa shape index (κ1) is 19.8. The maximum atomic E-state index is 12.8. The van der Waals surface area contributed by atoms with Crippen molar-refractivity contribution in [2.45, 2.75) is 10.8 Å². The lowest BCUT2D eigenvalue weighted by Crippen LogP contribution is -2.38. The standard InChI is InChI=1S/C21H18N4O4S/c1-25-13-19(26)22-10-4-6-14-5-2-9-18-20(14)17(21(27)24-18)12-23-15-7-3-8-16(11-15)30(25,28)29/h2-3,5,7-9,11-12,17H,10,13H2,1H3,(H,22,26)(H,24,27). The molecule has 2 aliphatic heterocycles. The SMILES string of the molecule is CN1CC(=O)NCC#Cc2cccc3c2C(C=Nc2cccc(c2)S1(=O)=O)C(=O)N3. The Balaban J connectivity index is 1.83. The van der Waals surface area contributed by atoms with Crippen LogP contribution in [0.2, 0.25) is 0 Å². The molecule has 0 radical (unpaired) electrons. The van der Waals surface area contributed by atoms with Crippen LogP contribution in [0, 0.1) is 11.8 Å². The van der Waals surface area contributed by atoms with E-state index in [9.17, 15) is 18.0 Å². The molecule has 1 unspecified atom stereocenters. The van der Waals surface area contributed by atoms with E-state index in [1.54, 1.807) is 30.3 Å². The van der Waals surface area contributed by atoms with Gasteiger partial charge in [-0.2, -0.15) is 4.31 Å². The summed E-state index contributed by atoms with van der Waals surface area (Å²) in [6, 6.07) is 11.4. The van der Waals surface area contributed by atoms with Gasteiger partial charge in [0.05, 0.1) is 23.7 Å². The first-order valence-corrected chi connectivity index (χ1v) is 10.6. The Labute approximate surface area is 174 Å². The topological polar surface area (TPSA) is 108 Å². The fourth-order valence-electron chi connectivity index (χ4n) is 3.29. The summed E-state index contributed by atoms with van der Waals surface area (Å²) in [7, 11) is -2.55. The molecule has 2 N–H and O–H groups in total. The lowest BCUT2D eigenvalue weighted by Gasteiger charge is -2.16. The van der Waals surface area contributed by atoms with Crippen LogP contribution in [0.15, 0.2) is 52.4 Å². The van der Waals surface area contributed by atoms with Crippen LogP contribution in [0.25, 0.3) is 0 Å². The van der Waals surface area contributed by atoms with Gasteiger partial charge < -0.3 is 10.6 Å². The predicted octanol–water partition coefficient (Wildman–Crippen LogP) is 1.23. The number of hydrogen-bond acceptors (Lipinski definition) is 5. The van der Waals surface area contributed by atoms with Crippen molar-refractivity contribution in [1.29, 1.82) is 0 Å². The van der Waals surface area contributed by atoms with Gasteiger partial charge in [0.2, 0.25) is 21.8 Å². The van der Waals surface area contributed by atoms with Crippen LogP contribution in [0.5, 0.6) is 0 Å². The number of benzene rings is 2. The molecular weight excluding hydrogens is 404 g/mol. The smallest absolute Gasteiger partial charge is 0.243 e. The van der Waals surface area contributed by atoms with E-state index < -0.39 is 21.8 Å². The number of carbonyl (C=O) groups excluding carboxylic acids is 2. The first-order chi connectivity index (χ1) is 14.4. The van der Waals surface area contributed by atoms with E-state index in [0.29, 0.717) is 22.5 Å². The molecule has 1 atom stereocenters. The molecular formula is C21H18N4O4S. The zero-order valence-electron chi connectivity index (χ0n) is 16.0. The predicted molar refractivity (Wildman–Crippen MR) is 112 cm³/mol. The van der Waals surface area contributed by atoms with E-state index in [4.69, 9.17) is 0 Å². The van der Waals surface area contributed by atoms with Crippen LogP contribution < -0.4 is 10.6 Å². The van der Waals surface area contributed by atoms with E-state index in [1.165, 1.54) is 25.4 Å². The summed E-state index contributed by atoms with van der Waals surface area (Å²) in [5, 5.41) is 5.41. The van der Waals surface area contributed by atoms with Gasteiger partial charge >= 0.3 is 0 Å². The van der Waals surface area contributed by atoms with Crippen LogP contribution in [0.4, 0.5) is 11.4 Å². The third-order valence-corrected chi connectivity index (χ3v) is 6.62. The molecule has 0 saturated heterocycles. The molecule has 2 amide bonds. The third kappa shape index (κ3) is 3.70. The molecule has 2 aromatic rings. The van der Waals surface area contributed by atoms with E-state index >= 15 is 0 Å². The van der Waals surface area contributed by atoms with Crippen molar-refractivity contribution >= 4 is 39.4 Å². The zero-order chi connectivity index (χ0) is 21.3. The second-order valence-electron chi connectivity index (χ2n) is 6.85. The number of carbonyl (C=O) groups is 2. The van der Waals surface area contributed by atoms with Gasteiger partial charge in [-0.1, -0.05) is 24.0 Å². The van der Waals surface area contributed by atoms with Gasteiger partial charge in [-0.05, 0) is 30.3 Å². The van der Waals surface area contributed by atoms with Gasteiger partial charge in [0.25, 0.3) is 0 Å². The van der Waals surface area contributed by atoms with Gasteiger partial charge in [0, 0.05) is 30.1 Å². The molecule has 2 aliphatic rings. The highest BCUT2D eigenvalue weighted by molar-refractivity contribution is 7.89. The number of aliphatic imine (C=N–C) groups is 1. The Hall–Kier alpha value is -3.48. The summed E-state index contributed by atoms with van der Waals surface area (Å²) in [5.74, 6) is 4.47. The van der Waals surface area contributed by atoms with Crippen LogP contribution >= 0.6 is 0 Å². The molecule has 0 saturated carbocycles. The minimum atomic E-state index is -3.88. The Kier molecular flexibility index (Phi) is 5.11. The number of sulfonamides is 1. The molecule has 0 aliphatic carbocycles. The molecule has 0 fully saturated rings. The quantitative estimate of drug-likeness (QED) is 0.623. The van der Waals surface area contributed by atoms with Crippen molar-refractivity contribution in [3.63, 3.8) is 0 Å². The summed E-state index contributed by atoms with van der Waals surface area (Å²) in [6.45, 7) is -0.287. The molecule has 2 heterocycles. The number of likely N-dealkylation sites (N-methyl/N-ethyl adjacent to an activating group) is 1. The Bertz CT molecular complexity index is 1240. The monoisotopic (exact) mass is 422 g/mol. The number of amides is 2. The molecule has 152 valence electrons. The van der Waals surface area contributed by atoms with Crippen molar-refractivity contribution in [3.05, 3.63) is 53.6 Å². The van der Waals surface area contributed by atoms with E-state index in [1.807, 2.05) is 0 Å². The minimum Gasteiger partial charge on any atom is -0.344 e. The van der Waals surface area contributed by atoms with E-state index in [-0.39, 0.29) is 23.9 Å². The maximum absolute atomic E-state index is 12.8. The normalized spacial score (nSPS) is 20.5. The third-order valence-electron chi connectivity index (χ3n) is 4.82. The van der Waals surface area contributed by atoms with E-state index in [2.05, 4.69) is 27.5 Å². The number of hydrogen-bond donors (Lipinski definition) is 2. The Morgan fingerprint density at radius 2 is 1.97 bits per heavy atom. The van der Waals surface area contributed by atoms with E-state index in [0.717, 1.165) is 4.31 Å². The highest BCUT2D eigenvalue weighted by Crippen LogP contribution is 2.34. The molecule has 0 spiro atoms. The van der Waals surface area contributed by atoms with Crippen molar-refractivity contribution in [2.24, 2.45) is 4.99 Å². The molecule has 9 heteroatoms. The zero-order valence-corrected chi connectivity index (χ0v) is 16.9. The van der Waals surface area contributed by atoms with Crippen LogP contribution in [0.1, 0.15) is 17.0 Å². The number of rotatable bonds is 0. The van der Waals surface area contributed by atoms with Crippen LogP contribution in [-0.4, -0.2) is 50.9 Å². The summed E-state index contributed by atoms with van der Waals surface area (Å²) >= 11 is 0. The maximum Gasteiger partial charge on any atom is 0.243 e. The van der Waals surface area contributed by atoms with Gasteiger partial charge in [-0.15, -0.1) is 0 Å². The fourth-order valence-corrected chi connectivity index (χ4v) is 4.46. The van der Waals surface area contributed by atoms with Crippen LogP contribution in [0.3, 0.4) is 0 Å². The minimum absolute atomic E-state index is 0.0105. The summed E-state index contributed by atoms with van der Waals surface area (Å²) in [4.78, 5) is 29.0. The summed E-state index contributed by atoms with van der Waals surface area (Å²) in [5.41, 5.74) is 2.41. The summed E-state index contributed by atoms with van der Waals surface area (Å²) in [6.07, 6.45) is 1.50. The van der Waals surface area contributed by atoms with Gasteiger partial charge in [0.15, 0.2) is 0 Å². The Morgan fingerprint density at radius 1 is 1.17 bits per heavy atom. The number of anilines is 1. The van der Waals surface area contributed by atoms with Gasteiger partial charge in [-0.3, -0.25) is 14.6 Å². The fraction of sp³-hybridized carbons (Fsp3) is 0.190. The largest absolute Gasteiger partial charge is 0.344 e. The number of nitrogens with zero attached hydrogens (tertiary/aromatic N) is 2. The second-order valence-corrected chi connectivity index (χ2v) is 8.89. The molecule has 4 rings (SSSR count). The molecule has 30 heavy (non-hydrogen) atoms. The highest BCUT2D eigenvalue weighted by atomic mass is 32.2. The van der Waals surface area contributed by atoms with Crippen molar-refractivity contribution in [2.75, 3.05) is 25.5 Å². The molecule has 8 nitrogen and oxygen atoms in total. The average Bonchev–Trinajstić information content (AvgIpc) is 3.05. The number of nitrogens with one attached hydrogen (secondary N) is 2. The molecule has 0 aromatic heterocycles. The second kappa shape index (κ2) is 7.74. The van der Waals surface area contributed by atoms with Gasteiger partial charge in [-0.25, -0.2) is 8.42 Å².